The molecular formula is C20H17ClO4S. The summed E-state index contributed by atoms with van der Waals surface area (Å²) in [5, 5.41) is 1.25. The van der Waals surface area contributed by atoms with E-state index in [4.69, 9.17) is 20.8 Å². The SMILES string of the molecule is Cc1cc2oc(=O)cc(COC(=O)c3cc4c(s3)CCCC4)c2cc1Cl. The van der Waals surface area contributed by atoms with E-state index in [0.717, 1.165) is 18.4 Å². The van der Waals surface area contributed by atoms with Gasteiger partial charge in [-0.15, -0.1) is 11.3 Å². The molecule has 0 unspecified atom stereocenters. The number of benzene rings is 1. The van der Waals surface area contributed by atoms with Crippen molar-refractivity contribution in [1.29, 1.82) is 0 Å². The predicted octanol–water partition coefficient (Wildman–Crippen LogP) is 5.05. The highest BCUT2D eigenvalue weighted by molar-refractivity contribution is 7.14. The van der Waals surface area contributed by atoms with Crippen LogP contribution in [-0.4, -0.2) is 5.97 Å². The number of rotatable bonds is 3. The number of fused-ring (bicyclic) bond motifs is 2. The van der Waals surface area contributed by atoms with Gasteiger partial charge >= 0.3 is 11.6 Å². The summed E-state index contributed by atoms with van der Waals surface area (Å²) in [7, 11) is 0. The Hall–Kier alpha value is -2.11. The summed E-state index contributed by atoms with van der Waals surface area (Å²) >= 11 is 7.70. The molecule has 0 atom stereocenters. The van der Waals surface area contributed by atoms with Crippen LogP contribution in [-0.2, 0) is 24.2 Å². The molecule has 0 saturated carbocycles. The van der Waals surface area contributed by atoms with Gasteiger partial charge < -0.3 is 9.15 Å². The Balaban J connectivity index is 1.59. The molecule has 3 aromatic rings. The quantitative estimate of drug-likeness (QED) is 0.465. The number of carbonyl (C=O) groups excluding carboxylic acids is 1. The van der Waals surface area contributed by atoms with Crippen LogP contribution in [0.5, 0.6) is 0 Å². The van der Waals surface area contributed by atoms with Crippen LogP contribution in [0.1, 0.15) is 44.1 Å². The number of hydrogen-bond acceptors (Lipinski definition) is 5. The lowest BCUT2D eigenvalue weighted by Gasteiger charge is -2.08. The van der Waals surface area contributed by atoms with Crippen LogP contribution in [0.15, 0.2) is 33.5 Å². The number of thiophene rings is 1. The lowest BCUT2D eigenvalue weighted by molar-refractivity contribution is 0.0479. The fourth-order valence-electron chi connectivity index (χ4n) is 3.27. The van der Waals surface area contributed by atoms with Crippen LogP contribution < -0.4 is 5.63 Å². The van der Waals surface area contributed by atoms with Gasteiger partial charge in [-0.1, -0.05) is 11.6 Å². The molecule has 1 aliphatic rings. The van der Waals surface area contributed by atoms with Crippen LogP contribution in [0.25, 0.3) is 11.0 Å². The first-order chi connectivity index (χ1) is 12.5. The van der Waals surface area contributed by atoms with Crippen molar-refractivity contribution in [3.63, 3.8) is 0 Å². The molecule has 0 spiro atoms. The van der Waals surface area contributed by atoms with Gasteiger partial charge in [0.2, 0.25) is 0 Å². The summed E-state index contributed by atoms with van der Waals surface area (Å²) in [5.74, 6) is -0.357. The molecule has 1 aliphatic carbocycles. The van der Waals surface area contributed by atoms with Crippen molar-refractivity contribution in [2.24, 2.45) is 0 Å². The first-order valence-electron chi connectivity index (χ1n) is 8.53. The minimum Gasteiger partial charge on any atom is -0.457 e. The van der Waals surface area contributed by atoms with Gasteiger partial charge in [-0.05, 0) is 61.9 Å². The normalized spacial score (nSPS) is 13.6. The summed E-state index contributed by atoms with van der Waals surface area (Å²) in [4.78, 5) is 26.2. The number of halogens is 1. The molecule has 0 saturated heterocycles. The maximum atomic E-state index is 12.4. The molecule has 4 nitrogen and oxygen atoms in total. The minimum atomic E-state index is -0.475. The minimum absolute atomic E-state index is 0.00287. The summed E-state index contributed by atoms with van der Waals surface area (Å²) < 4.78 is 10.7. The smallest absolute Gasteiger partial charge is 0.348 e. The highest BCUT2D eigenvalue weighted by Crippen LogP contribution is 2.30. The third-order valence-electron chi connectivity index (χ3n) is 4.67. The highest BCUT2D eigenvalue weighted by atomic mass is 35.5. The summed E-state index contributed by atoms with van der Waals surface area (Å²) in [5.41, 5.74) is 2.64. The van der Waals surface area contributed by atoms with Gasteiger partial charge in [-0.3, -0.25) is 0 Å². The van der Waals surface area contributed by atoms with E-state index in [1.165, 1.54) is 40.7 Å². The second-order valence-corrected chi connectivity index (χ2v) is 8.07. The van der Waals surface area contributed by atoms with Gasteiger partial charge in [0.15, 0.2) is 0 Å². The number of aryl methyl sites for hydroxylation is 3. The third kappa shape index (κ3) is 3.29. The predicted molar refractivity (Wildman–Crippen MR) is 102 cm³/mol. The van der Waals surface area contributed by atoms with Crippen LogP contribution >= 0.6 is 22.9 Å². The molecular weight excluding hydrogens is 372 g/mol. The molecule has 4 rings (SSSR count). The first kappa shape index (κ1) is 17.3. The molecule has 0 N–H and O–H groups in total. The molecule has 1 aromatic carbocycles. The van der Waals surface area contributed by atoms with Gasteiger partial charge in [-0.2, -0.15) is 0 Å². The van der Waals surface area contributed by atoms with Crippen molar-refractivity contribution >= 4 is 39.9 Å². The van der Waals surface area contributed by atoms with Crippen molar-refractivity contribution in [2.45, 2.75) is 39.2 Å². The van der Waals surface area contributed by atoms with Gasteiger partial charge in [0, 0.05) is 26.9 Å². The Morgan fingerprint density at radius 2 is 2.04 bits per heavy atom. The van der Waals surface area contributed by atoms with Crippen LogP contribution in [0.4, 0.5) is 0 Å². The number of esters is 1. The van der Waals surface area contributed by atoms with Crippen molar-refractivity contribution in [1.82, 2.24) is 0 Å². The Bertz CT molecular complexity index is 1040. The molecule has 0 bridgehead atoms. The Morgan fingerprint density at radius 1 is 1.23 bits per heavy atom. The van der Waals surface area contributed by atoms with E-state index in [0.29, 0.717) is 26.4 Å². The van der Waals surface area contributed by atoms with E-state index in [9.17, 15) is 9.59 Å². The van der Waals surface area contributed by atoms with E-state index >= 15 is 0 Å². The van der Waals surface area contributed by atoms with Crippen LogP contribution in [0, 0.1) is 6.92 Å². The fourth-order valence-corrected chi connectivity index (χ4v) is 4.58. The monoisotopic (exact) mass is 388 g/mol. The van der Waals surface area contributed by atoms with Crippen molar-refractivity contribution in [2.75, 3.05) is 0 Å². The summed E-state index contributed by atoms with van der Waals surface area (Å²) in [6, 6.07) is 6.75. The maximum Gasteiger partial charge on any atom is 0.348 e. The van der Waals surface area contributed by atoms with E-state index in [1.54, 1.807) is 12.1 Å². The van der Waals surface area contributed by atoms with E-state index in [1.807, 2.05) is 13.0 Å². The zero-order chi connectivity index (χ0) is 18.3. The second-order valence-electron chi connectivity index (χ2n) is 6.53. The molecule has 2 aromatic heterocycles. The number of hydrogen-bond donors (Lipinski definition) is 0. The molecule has 0 radical (unpaired) electrons. The number of carbonyl (C=O) groups is 1. The van der Waals surface area contributed by atoms with Crippen LogP contribution in [0.2, 0.25) is 5.02 Å². The molecule has 134 valence electrons. The second kappa shape index (κ2) is 6.89. The average Bonchev–Trinajstić information content (AvgIpc) is 3.05. The molecule has 26 heavy (non-hydrogen) atoms. The van der Waals surface area contributed by atoms with E-state index in [2.05, 4.69) is 0 Å². The lowest BCUT2D eigenvalue weighted by Crippen LogP contribution is -2.07. The summed E-state index contributed by atoms with van der Waals surface area (Å²) in [6.45, 7) is 1.84. The van der Waals surface area contributed by atoms with Crippen molar-refractivity contribution < 1.29 is 13.9 Å². The Morgan fingerprint density at radius 3 is 2.85 bits per heavy atom. The molecule has 0 fully saturated rings. The van der Waals surface area contributed by atoms with E-state index < -0.39 is 5.63 Å². The van der Waals surface area contributed by atoms with Gasteiger partial charge in [0.05, 0.1) is 0 Å². The Kier molecular flexibility index (Phi) is 4.59. The van der Waals surface area contributed by atoms with Crippen molar-refractivity contribution in [3.05, 3.63) is 66.2 Å². The first-order valence-corrected chi connectivity index (χ1v) is 9.72. The zero-order valence-corrected chi connectivity index (χ0v) is 15.8. The van der Waals surface area contributed by atoms with E-state index in [-0.39, 0.29) is 12.6 Å². The van der Waals surface area contributed by atoms with Crippen molar-refractivity contribution in [3.8, 4) is 0 Å². The van der Waals surface area contributed by atoms with Gasteiger partial charge in [0.25, 0.3) is 0 Å². The topological polar surface area (TPSA) is 56.5 Å². The van der Waals surface area contributed by atoms with Gasteiger partial charge in [-0.25, -0.2) is 9.59 Å². The molecule has 6 heteroatoms. The van der Waals surface area contributed by atoms with Gasteiger partial charge in [0.1, 0.15) is 17.1 Å². The maximum absolute atomic E-state index is 12.4. The standard InChI is InChI=1S/C20H17ClO4S/c1-11-6-16-14(9-15(11)21)13(8-19(22)25-16)10-24-20(23)18-7-12-4-2-3-5-17(12)26-18/h6-9H,2-5,10H2,1H3. The fraction of sp³-hybridized carbons (Fsp3) is 0.300. The average molecular weight is 389 g/mol. The highest BCUT2D eigenvalue weighted by Gasteiger charge is 2.19. The lowest BCUT2D eigenvalue weighted by atomic mass is 9.99. The zero-order valence-electron chi connectivity index (χ0n) is 14.3. The van der Waals surface area contributed by atoms with Crippen LogP contribution in [0.3, 0.4) is 0 Å². The molecule has 0 amide bonds. The third-order valence-corrected chi connectivity index (χ3v) is 6.29. The molecule has 2 heterocycles. The Labute approximate surface area is 159 Å². The number of ether oxygens (including phenoxy) is 1. The molecule has 0 aliphatic heterocycles. The summed E-state index contributed by atoms with van der Waals surface area (Å²) in [6.07, 6.45) is 4.41. The largest absolute Gasteiger partial charge is 0.457 e.